The Morgan fingerprint density at radius 1 is 1.25 bits per heavy atom. The molecule has 3 rings (SSSR count). The van der Waals surface area contributed by atoms with Crippen LogP contribution in [-0.4, -0.2) is 25.7 Å². The van der Waals surface area contributed by atoms with Crippen molar-refractivity contribution >= 4 is 46.3 Å². The number of benzene rings is 1. The van der Waals surface area contributed by atoms with Crippen molar-refractivity contribution in [3.8, 4) is 0 Å². The van der Waals surface area contributed by atoms with Gasteiger partial charge in [0.1, 0.15) is 6.04 Å². The zero-order valence-electron chi connectivity index (χ0n) is 13.1. The highest BCUT2D eigenvalue weighted by molar-refractivity contribution is 7.10. The predicted octanol–water partition coefficient (Wildman–Crippen LogP) is 3.60. The van der Waals surface area contributed by atoms with E-state index in [0.717, 1.165) is 13.1 Å². The summed E-state index contributed by atoms with van der Waals surface area (Å²) in [7, 11) is 0. The Labute approximate surface area is 155 Å². The number of halogens is 2. The van der Waals surface area contributed by atoms with E-state index in [0.29, 0.717) is 28.3 Å². The van der Waals surface area contributed by atoms with Crippen LogP contribution < -0.4 is 15.5 Å². The third-order valence-corrected chi connectivity index (χ3v) is 5.81. The normalized spacial score (nSPS) is 16.1. The topological polar surface area (TPSA) is 45.6 Å². The van der Waals surface area contributed by atoms with E-state index in [2.05, 4.69) is 28.1 Å². The second-order valence-corrected chi connectivity index (χ2v) is 7.72. The van der Waals surface area contributed by atoms with Gasteiger partial charge in [-0.05, 0) is 29.6 Å². The quantitative estimate of drug-likeness (QED) is 0.724. The van der Waals surface area contributed by atoms with Gasteiger partial charge in [0.25, 0.3) is 0 Å². The van der Waals surface area contributed by atoms with Gasteiger partial charge in [-0.25, -0.2) is 4.79 Å². The van der Waals surface area contributed by atoms with Crippen LogP contribution >= 0.6 is 34.5 Å². The maximum atomic E-state index is 12.2. The lowest BCUT2D eigenvalue weighted by Crippen LogP contribution is -3.11. The van der Waals surface area contributed by atoms with Crippen molar-refractivity contribution in [1.29, 1.82) is 0 Å². The minimum atomic E-state index is -0.251. The molecular weight excluding hydrogens is 365 g/mol. The van der Waals surface area contributed by atoms with E-state index in [1.807, 2.05) is 0 Å². The van der Waals surface area contributed by atoms with Crippen LogP contribution in [0, 0.1) is 0 Å². The van der Waals surface area contributed by atoms with Crippen LogP contribution in [0.1, 0.15) is 23.8 Å². The molecule has 128 valence electrons. The van der Waals surface area contributed by atoms with E-state index >= 15 is 0 Å². The van der Waals surface area contributed by atoms with Gasteiger partial charge >= 0.3 is 6.03 Å². The fraction of sp³-hybridized carbons (Fsp3) is 0.353. The molecule has 24 heavy (non-hydrogen) atoms. The molecule has 1 aliphatic rings. The summed E-state index contributed by atoms with van der Waals surface area (Å²) in [4.78, 5) is 15.1. The maximum Gasteiger partial charge on any atom is 0.319 e. The van der Waals surface area contributed by atoms with Gasteiger partial charge in [0.2, 0.25) is 0 Å². The summed E-state index contributed by atoms with van der Waals surface area (Å²) in [5, 5.41) is 8.82. The summed E-state index contributed by atoms with van der Waals surface area (Å²) >= 11 is 13.7. The fourth-order valence-electron chi connectivity index (χ4n) is 3.07. The fourth-order valence-corrected chi connectivity index (χ4v) is 4.41. The highest BCUT2D eigenvalue weighted by atomic mass is 35.5. The summed E-state index contributed by atoms with van der Waals surface area (Å²) in [5.41, 5.74) is 0.555. The molecule has 0 spiro atoms. The molecule has 2 heterocycles. The number of amides is 2. The maximum absolute atomic E-state index is 12.2. The average Bonchev–Trinajstić information content (AvgIpc) is 3.24. The number of nitrogens with one attached hydrogen (secondary N) is 3. The number of carbonyl (C=O) groups excluding carboxylic acids is 1. The third kappa shape index (κ3) is 4.42. The molecule has 0 bridgehead atoms. The van der Waals surface area contributed by atoms with Crippen LogP contribution in [0.5, 0.6) is 0 Å². The molecule has 1 aromatic heterocycles. The van der Waals surface area contributed by atoms with E-state index in [4.69, 9.17) is 23.2 Å². The monoisotopic (exact) mass is 384 g/mol. The van der Waals surface area contributed by atoms with E-state index in [9.17, 15) is 4.79 Å². The molecule has 0 radical (unpaired) electrons. The lowest BCUT2D eigenvalue weighted by molar-refractivity contribution is -0.918. The van der Waals surface area contributed by atoms with Crippen molar-refractivity contribution in [3.05, 3.63) is 50.6 Å². The largest absolute Gasteiger partial charge is 0.331 e. The highest BCUT2D eigenvalue weighted by Gasteiger charge is 2.28. The van der Waals surface area contributed by atoms with Crippen molar-refractivity contribution < 1.29 is 9.69 Å². The van der Waals surface area contributed by atoms with Crippen LogP contribution in [0.15, 0.2) is 35.7 Å². The molecule has 0 saturated carbocycles. The second kappa shape index (κ2) is 8.21. The standard InChI is InChI=1S/C17H19Cl2N3OS/c18-12-5-6-14(13(19)10-12)21-17(23)20-11-15(16-4-3-9-24-16)22-7-1-2-8-22/h3-6,9-10,15H,1-2,7-8,11H2,(H2,20,21,23)/p+1/t15-/m1/s1. The predicted molar refractivity (Wildman–Crippen MR) is 100 cm³/mol. The van der Waals surface area contributed by atoms with Crippen LogP contribution in [0.3, 0.4) is 0 Å². The van der Waals surface area contributed by atoms with E-state index < -0.39 is 0 Å². The summed E-state index contributed by atoms with van der Waals surface area (Å²) < 4.78 is 0. The molecule has 0 aliphatic carbocycles. The summed E-state index contributed by atoms with van der Waals surface area (Å²) in [6.45, 7) is 2.93. The van der Waals surface area contributed by atoms with Gasteiger partial charge in [0, 0.05) is 17.9 Å². The third-order valence-electron chi connectivity index (χ3n) is 4.27. The average molecular weight is 385 g/mol. The number of urea groups is 1. The first kappa shape index (κ1) is 17.5. The number of anilines is 1. The van der Waals surface area contributed by atoms with Gasteiger partial charge in [-0.3, -0.25) is 0 Å². The van der Waals surface area contributed by atoms with Gasteiger partial charge in [0.05, 0.1) is 35.2 Å². The number of rotatable bonds is 5. The van der Waals surface area contributed by atoms with Gasteiger partial charge in [0.15, 0.2) is 0 Å². The minimum absolute atomic E-state index is 0.251. The summed E-state index contributed by atoms with van der Waals surface area (Å²) in [5.74, 6) is 0. The molecule has 7 heteroatoms. The van der Waals surface area contributed by atoms with Crippen molar-refractivity contribution in [2.75, 3.05) is 25.0 Å². The molecule has 1 aliphatic heterocycles. The molecule has 4 nitrogen and oxygen atoms in total. The number of hydrogen-bond acceptors (Lipinski definition) is 2. The number of hydrogen-bond donors (Lipinski definition) is 3. The lowest BCUT2D eigenvalue weighted by Gasteiger charge is -2.24. The molecule has 1 saturated heterocycles. The Kier molecular flexibility index (Phi) is 6.00. The van der Waals surface area contributed by atoms with Crippen molar-refractivity contribution in [2.24, 2.45) is 0 Å². The van der Waals surface area contributed by atoms with Crippen molar-refractivity contribution in [3.63, 3.8) is 0 Å². The van der Waals surface area contributed by atoms with Gasteiger partial charge < -0.3 is 15.5 Å². The molecule has 2 amide bonds. The zero-order chi connectivity index (χ0) is 16.9. The zero-order valence-corrected chi connectivity index (χ0v) is 15.5. The summed E-state index contributed by atoms with van der Waals surface area (Å²) in [6, 6.07) is 9.28. The van der Waals surface area contributed by atoms with E-state index in [-0.39, 0.29) is 6.03 Å². The first-order valence-corrected chi connectivity index (χ1v) is 9.65. The van der Waals surface area contributed by atoms with E-state index in [1.165, 1.54) is 17.7 Å². The molecule has 0 unspecified atom stereocenters. The number of carbonyl (C=O) groups is 1. The Morgan fingerprint density at radius 3 is 2.71 bits per heavy atom. The molecule has 3 N–H and O–H groups in total. The molecule has 2 aromatic rings. The first-order chi connectivity index (χ1) is 11.6. The van der Waals surface area contributed by atoms with Gasteiger partial charge in [-0.2, -0.15) is 0 Å². The van der Waals surface area contributed by atoms with Gasteiger partial charge in [-0.1, -0.05) is 29.3 Å². The number of thiophene rings is 1. The molecular formula is C17H20Cl2N3OS+. The minimum Gasteiger partial charge on any atom is -0.331 e. The van der Waals surface area contributed by atoms with Gasteiger partial charge in [-0.15, -0.1) is 11.3 Å². The molecule has 1 atom stereocenters. The van der Waals surface area contributed by atoms with Crippen LogP contribution in [0.25, 0.3) is 0 Å². The van der Waals surface area contributed by atoms with Crippen LogP contribution in [-0.2, 0) is 0 Å². The van der Waals surface area contributed by atoms with Crippen molar-refractivity contribution in [2.45, 2.75) is 18.9 Å². The second-order valence-electron chi connectivity index (χ2n) is 5.89. The Bertz CT molecular complexity index is 687. The molecule has 1 aromatic carbocycles. The molecule has 1 fully saturated rings. The first-order valence-electron chi connectivity index (χ1n) is 8.01. The summed E-state index contributed by atoms with van der Waals surface area (Å²) in [6.07, 6.45) is 2.51. The Morgan fingerprint density at radius 2 is 2.04 bits per heavy atom. The Hall–Kier alpha value is -1.27. The van der Waals surface area contributed by atoms with Crippen LogP contribution in [0.2, 0.25) is 10.0 Å². The van der Waals surface area contributed by atoms with Crippen LogP contribution in [0.4, 0.5) is 10.5 Å². The van der Waals surface area contributed by atoms with E-state index in [1.54, 1.807) is 34.4 Å². The highest BCUT2D eigenvalue weighted by Crippen LogP contribution is 2.25. The number of quaternary nitrogens is 1. The lowest BCUT2D eigenvalue weighted by atomic mass is 10.2. The van der Waals surface area contributed by atoms with Crippen molar-refractivity contribution in [1.82, 2.24) is 5.32 Å². The Balaban J connectivity index is 1.60. The smallest absolute Gasteiger partial charge is 0.319 e. The number of likely N-dealkylation sites (tertiary alicyclic amines) is 1. The SMILES string of the molecule is O=C(NC[C@H](c1cccs1)[NH+]1CCCC1)Nc1ccc(Cl)cc1Cl.